The van der Waals surface area contributed by atoms with Crippen LogP contribution in [0.2, 0.25) is 5.02 Å². The van der Waals surface area contributed by atoms with E-state index in [1.807, 2.05) is 43.3 Å². The number of ether oxygens (including phenoxy) is 1. The summed E-state index contributed by atoms with van der Waals surface area (Å²) in [4.78, 5) is 27.5. The smallest absolute Gasteiger partial charge is 0.469 e. The molecule has 0 spiro atoms. The Bertz CT molecular complexity index is 937. The average molecular weight is 384 g/mol. The number of halogens is 1. The van der Waals surface area contributed by atoms with E-state index in [1.165, 1.54) is 4.90 Å². The molecule has 2 aromatic carbocycles. The zero-order valence-electron chi connectivity index (χ0n) is 15.0. The van der Waals surface area contributed by atoms with Gasteiger partial charge in [0.2, 0.25) is 0 Å². The molecular formula is C21H20ClN2O3+. The van der Waals surface area contributed by atoms with Crippen molar-refractivity contribution in [1.82, 2.24) is 4.90 Å². The van der Waals surface area contributed by atoms with E-state index < -0.39 is 6.10 Å². The maximum absolute atomic E-state index is 13.2. The van der Waals surface area contributed by atoms with Gasteiger partial charge in [0.1, 0.15) is 12.3 Å². The highest BCUT2D eigenvalue weighted by Crippen LogP contribution is 2.32. The molecule has 0 saturated carbocycles. The first-order valence-corrected chi connectivity index (χ1v) is 9.48. The summed E-state index contributed by atoms with van der Waals surface area (Å²) >= 11 is 5.98. The minimum Gasteiger partial charge on any atom is -0.469 e. The molecular weight excluding hydrogens is 364 g/mol. The van der Waals surface area contributed by atoms with Crippen LogP contribution in [-0.4, -0.2) is 39.8 Å². The molecule has 0 bridgehead atoms. The number of imide groups is 1. The lowest BCUT2D eigenvalue weighted by Gasteiger charge is -2.24. The van der Waals surface area contributed by atoms with Gasteiger partial charge in [0.25, 0.3) is 6.10 Å². The van der Waals surface area contributed by atoms with Crippen molar-refractivity contribution in [2.75, 3.05) is 6.54 Å². The summed E-state index contributed by atoms with van der Waals surface area (Å²) < 4.78 is 7.59. The van der Waals surface area contributed by atoms with Crippen LogP contribution < -0.4 is 4.74 Å². The maximum atomic E-state index is 13.2. The third kappa shape index (κ3) is 3.12. The second kappa shape index (κ2) is 7.16. The Morgan fingerprint density at radius 1 is 1.11 bits per heavy atom. The summed E-state index contributed by atoms with van der Waals surface area (Å²) in [6.07, 6.45) is 0.891. The second-order valence-corrected chi connectivity index (χ2v) is 7.15. The van der Waals surface area contributed by atoms with E-state index in [4.69, 9.17) is 16.3 Å². The number of carbonyl (C=O) groups is 2. The molecule has 0 fully saturated rings. The molecule has 3 amide bonds. The summed E-state index contributed by atoms with van der Waals surface area (Å²) in [5, 5.41) is 0.642. The van der Waals surface area contributed by atoms with Gasteiger partial charge in [-0.3, -0.25) is 0 Å². The van der Waals surface area contributed by atoms with Gasteiger partial charge in [0.15, 0.2) is 5.71 Å². The van der Waals surface area contributed by atoms with Gasteiger partial charge in [0, 0.05) is 5.02 Å². The summed E-state index contributed by atoms with van der Waals surface area (Å²) in [6.45, 7) is 2.79. The first kappa shape index (κ1) is 17.7. The lowest BCUT2D eigenvalue weighted by molar-refractivity contribution is -0.456. The molecule has 0 saturated heterocycles. The zero-order chi connectivity index (χ0) is 19.0. The maximum Gasteiger partial charge on any atom is 0.501 e. The Balaban J connectivity index is 1.81. The molecule has 2 heterocycles. The van der Waals surface area contributed by atoms with Gasteiger partial charge in [-0.2, -0.15) is 14.3 Å². The Morgan fingerprint density at radius 3 is 2.59 bits per heavy atom. The van der Waals surface area contributed by atoms with Crippen LogP contribution in [0.5, 0.6) is 5.75 Å². The van der Waals surface area contributed by atoms with Gasteiger partial charge < -0.3 is 4.74 Å². The summed E-state index contributed by atoms with van der Waals surface area (Å²) in [5.41, 5.74) is 2.37. The van der Waals surface area contributed by atoms with Crippen LogP contribution in [-0.2, 0) is 11.3 Å². The van der Waals surface area contributed by atoms with E-state index in [0.29, 0.717) is 29.6 Å². The van der Waals surface area contributed by atoms with E-state index in [2.05, 4.69) is 0 Å². The van der Waals surface area contributed by atoms with E-state index in [0.717, 1.165) is 24.0 Å². The van der Waals surface area contributed by atoms with Crippen molar-refractivity contribution >= 4 is 29.3 Å². The van der Waals surface area contributed by atoms with Crippen molar-refractivity contribution < 1.29 is 18.9 Å². The largest absolute Gasteiger partial charge is 0.501 e. The van der Waals surface area contributed by atoms with Crippen molar-refractivity contribution in [3.63, 3.8) is 0 Å². The Labute approximate surface area is 162 Å². The van der Waals surface area contributed by atoms with Crippen LogP contribution in [0.1, 0.15) is 30.9 Å². The SMILES string of the molecule is CCCCN1C(=O)C2Oc3ccccc3C2=[N+](Cc2ccc(Cl)cc2)C1=O. The number of unbranched alkanes of at least 4 members (excludes halogenated alkanes) is 1. The number of para-hydroxylation sites is 1. The molecule has 0 N–H and O–H groups in total. The second-order valence-electron chi connectivity index (χ2n) is 6.72. The normalized spacial score (nSPS) is 18.4. The van der Waals surface area contributed by atoms with Gasteiger partial charge in [0.05, 0.1) is 12.1 Å². The number of benzene rings is 2. The summed E-state index contributed by atoms with van der Waals surface area (Å²) in [6, 6.07) is 14.5. The molecule has 0 aliphatic carbocycles. The molecule has 0 aromatic heterocycles. The molecule has 2 aliphatic heterocycles. The number of rotatable bonds is 5. The van der Waals surface area contributed by atoms with Crippen molar-refractivity contribution in [3.05, 3.63) is 64.7 Å². The molecule has 6 heteroatoms. The molecule has 2 aliphatic rings. The summed E-state index contributed by atoms with van der Waals surface area (Å²) in [5.74, 6) is 0.351. The predicted molar refractivity (Wildman–Crippen MR) is 102 cm³/mol. The van der Waals surface area contributed by atoms with Crippen molar-refractivity contribution in [2.45, 2.75) is 32.4 Å². The number of urea groups is 1. The zero-order valence-corrected chi connectivity index (χ0v) is 15.8. The minimum absolute atomic E-state index is 0.285. The van der Waals surface area contributed by atoms with Crippen LogP contribution in [0.25, 0.3) is 0 Å². The van der Waals surface area contributed by atoms with Gasteiger partial charge in [-0.05, 0) is 36.2 Å². The van der Waals surface area contributed by atoms with Crippen LogP contribution in [0.3, 0.4) is 0 Å². The van der Waals surface area contributed by atoms with Gasteiger partial charge in [-0.15, -0.1) is 0 Å². The van der Waals surface area contributed by atoms with Crippen molar-refractivity contribution in [2.24, 2.45) is 0 Å². The monoisotopic (exact) mass is 383 g/mol. The molecule has 138 valence electrons. The van der Waals surface area contributed by atoms with Gasteiger partial charge in [-0.25, -0.2) is 4.79 Å². The first-order valence-electron chi connectivity index (χ1n) is 9.10. The Kier molecular flexibility index (Phi) is 4.70. The molecule has 2 aromatic rings. The standard InChI is InChI=1S/C21H20ClN2O3/c1-2-3-12-23-20(25)19-18(16-6-4-5-7-17(16)27-19)24(21(23)26)13-14-8-10-15(22)11-9-14/h4-11,19H,2-3,12-13H2,1H3/q+1. The van der Waals surface area contributed by atoms with Crippen molar-refractivity contribution in [3.8, 4) is 5.75 Å². The topological polar surface area (TPSA) is 49.6 Å². The number of hydrogen-bond acceptors (Lipinski definition) is 3. The predicted octanol–water partition coefficient (Wildman–Crippen LogP) is 3.87. The van der Waals surface area contributed by atoms with Crippen LogP contribution in [0.15, 0.2) is 48.5 Å². The van der Waals surface area contributed by atoms with Gasteiger partial charge >= 0.3 is 11.9 Å². The van der Waals surface area contributed by atoms with Gasteiger partial charge in [-0.1, -0.05) is 49.2 Å². The fraction of sp³-hybridized carbons (Fsp3) is 0.286. The highest BCUT2D eigenvalue weighted by atomic mass is 35.5. The van der Waals surface area contributed by atoms with E-state index in [-0.39, 0.29) is 11.9 Å². The number of hydrogen-bond donors (Lipinski definition) is 0. The quantitative estimate of drug-likeness (QED) is 0.736. The first-order chi connectivity index (χ1) is 13.1. The third-order valence-electron chi connectivity index (χ3n) is 4.89. The Morgan fingerprint density at radius 2 is 1.85 bits per heavy atom. The number of nitrogens with zero attached hydrogens (tertiary/aromatic N) is 2. The molecule has 4 rings (SSSR count). The van der Waals surface area contributed by atoms with E-state index in [1.54, 1.807) is 16.7 Å². The lowest BCUT2D eigenvalue weighted by Crippen LogP contribution is -2.57. The Hall–Kier alpha value is -2.66. The molecule has 1 atom stereocenters. The fourth-order valence-electron chi connectivity index (χ4n) is 3.49. The number of carbonyl (C=O) groups excluding carboxylic acids is 2. The average Bonchev–Trinajstić information content (AvgIpc) is 3.06. The molecule has 1 unspecified atom stereocenters. The number of amides is 3. The van der Waals surface area contributed by atoms with E-state index >= 15 is 0 Å². The van der Waals surface area contributed by atoms with Crippen molar-refractivity contribution in [1.29, 1.82) is 0 Å². The van der Waals surface area contributed by atoms with Crippen LogP contribution >= 0.6 is 11.6 Å². The van der Waals surface area contributed by atoms with Crippen LogP contribution in [0, 0.1) is 0 Å². The van der Waals surface area contributed by atoms with Crippen LogP contribution in [0.4, 0.5) is 4.79 Å². The number of fused-ring (bicyclic) bond motifs is 3. The minimum atomic E-state index is -0.774. The third-order valence-corrected chi connectivity index (χ3v) is 5.14. The fourth-order valence-corrected chi connectivity index (χ4v) is 3.62. The molecule has 27 heavy (non-hydrogen) atoms. The summed E-state index contributed by atoms with van der Waals surface area (Å²) in [7, 11) is 0. The molecule has 0 radical (unpaired) electrons. The highest BCUT2D eigenvalue weighted by molar-refractivity contribution is 6.30. The lowest BCUT2D eigenvalue weighted by atomic mass is 10.0. The molecule has 5 nitrogen and oxygen atoms in total. The highest BCUT2D eigenvalue weighted by Gasteiger charge is 2.53. The van der Waals surface area contributed by atoms with E-state index in [9.17, 15) is 9.59 Å².